The molecule has 0 atom stereocenters. The maximum absolute atomic E-state index is 12.0. The van der Waals surface area contributed by atoms with Crippen LogP contribution in [0, 0.1) is 0 Å². The van der Waals surface area contributed by atoms with Crippen molar-refractivity contribution in [3.8, 4) is 5.75 Å². The quantitative estimate of drug-likeness (QED) is 0.703. The van der Waals surface area contributed by atoms with E-state index in [1.54, 1.807) is 48.8 Å². The Bertz CT molecular complexity index is 662. The minimum atomic E-state index is -0.0445. The van der Waals surface area contributed by atoms with Crippen molar-refractivity contribution in [1.82, 2.24) is 0 Å². The number of hydrogen-bond acceptors (Lipinski definition) is 4. The van der Waals surface area contributed by atoms with Crippen LogP contribution >= 0.6 is 35.1 Å². The van der Waals surface area contributed by atoms with Crippen LogP contribution in [0.25, 0.3) is 0 Å². The topological polar surface area (TPSA) is 38.3 Å². The molecule has 23 heavy (non-hydrogen) atoms. The summed E-state index contributed by atoms with van der Waals surface area (Å²) in [5.41, 5.74) is 1.89. The van der Waals surface area contributed by atoms with E-state index in [2.05, 4.69) is 35.8 Å². The van der Waals surface area contributed by atoms with E-state index >= 15 is 0 Å². The van der Waals surface area contributed by atoms with Crippen LogP contribution in [0.2, 0.25) is 5.02 Å². The summed E-state index contributed by atoms with van der Waals surface area (Å²) < 4.78 is 5.09. The lowest BCUT2D eigenvalue weighted by Crippen LogP contribution is -2.14. The van der Waals surface area contributed by atoms with Gasteiger partial charge in [0.15, 0.2) is 0 Å². The summed E-state index contributed by atoms with van der Waals surface area (Å²) >= 11 is 9.34. The minimum Gasteiger partial charge on any atom is -0.495 e. The highest BCUT2D eigenvalue weighted by atomic mass is 35.5. The van der Waals surface area contributed by atoms with Gasteiger partial charge in [-0.25, -0.2) is 0 Å². The molecule has 0 saturated heterocycles. The van der Waals surface area contributed by atoms with Crippen LogP contribution in [0.4, 0.5) is 5.69 Å². The van der Waals surface area contributed by atoms with Gasteiger partial charge in [-0.2, -0.15) is 0 Å². The first-order chi connectivity index (χ1) is 11.1. The summed E-state index contributed by atoms with van der Waals surface area (Å²) in [6.45, 7) is 0. The van der Waals surface area contributed by atoms with Crippen molar-refractivity contribution < 1.29 is 9.53 Å². The molecule has 0 heterocycles. The number of thioether (sulfide) groups is 2. The van der Waals surface area contributed by atoms with Gasteiger partial charge in [-0.15, -0.1) is 23.5 Å². The number of anilines is 1. The number of carbonyl (C=O) groups is 1. The zero-order valence-corrected chi connectivity index (χ0v) is 15.4. The van der Waals surface area contributed by atoms with Crippen molar-refractivity contribution >= 4 is 46.7 Å². The van der Waals surface area contributed by atoms with Crippen LogP contribution in [-0.2, 0) is 10.5 Å². The number of ether oxygens (including phenoxy) is 1. The highest BCUT2D eigenvalue weighted by molar-refractivity contribution is 7.99. The third kappa shape index (κ3) is 5.68. The van der Waals surface area contributed by atoms with Gasteiger partial charge in [-0.3, -0.25) is 4.79 Å². The van der Waals surface area contributed by atoms with Gasteiger partial charge < -0.3 is 10.1 Å². The molecule has 0 aliphatic rings. The van der Waals surface area contributed by atoms with Gasteiger partial charge in [0.25, 0.3) is 0 Å². The van der Waals surface area contributed by atoms with Gasteiger partial charge in [-0.1, -0.05) is 23.7 Å². The summed E-state index contributed by atoms with van der Waals surface area (Å²) in [6.07, 6.45) is 2.06. The number of rotatable bonds is 7. The van der Waals surface area contributed by atoms with Gasteiger partial charge in [-0.05, 0) is 42.2 Å². The lowest BCUT2D eigenvalue weighted by Gasteiger charge is -2.08. The Labute approximate surface area is 150 Å². The molecular weight excluding hydrogens is 350 g/mol. The highest BCUT2D eigenvalue weighted by Gasteiger charge is 2.06. The Morgan fingerprint density at radius 1 is 1.22 bits per heavy atom. The maximum atomic E-state index is 12.0. The smallest absolute Gasteiger partial charge is 0.234 e. The first kappa shape index (κ1) is 18.0. The second-order valence-electron chi connectivity index (χ2n) is 4.74. The molecule has 3 nitrogen and oxygen atoms in total. The molecule has 122 valence electrons. The molecule has 0 bridgehead atoms. The van der Waals surface area contributed by atoms with Crippen LogP contribution in [0.3, 0.4) is 0 Å². The Hall–Kier alpha value is -1.30. The normalized spacial score (nSPS) is 10.4. The summed E-state index contributed by atoms with van der Waals surface area (Å²) in [5, 5.41) is 3.31. The number of carbonyl (C=O) groups excluding carboxylic acids is 1. The molecular formula is C17H18ClNO2S2. The zero-order chi connectivity index (χ0) is 16.7. The second kappa shape index (κ2) is 9.11. The lowest BCUT2D eigenvalue weighted by molar-refractivity contribution is -0.113. The molecule has 0 saturated carbocycles. The molecule has 0 aromatic heterocycles. The van der Waals surface area contributed by atoms with E-state index in [1.807, 2.05) is 0 Å². The largest absolute Gasteiger partial charge is 0.495 e. The van der Waals surface area contributed by atoms with Crippen LogP contribution in [0.5, 0.6) is 5.75 Å². The maximum Gasteiger partial charge on any atom is 0.234 e. The molecule has 2 aromatic carbocycles. The monoisotopic (exact) mass is 367 g/mol. The van der Waals surface area contributed by atoms with E-state index in [-0.39, 0.29) is 5.91 Å². The Kier molecular flexibility index (Phi) is 7.15. The Morgan fingerprint density at radius 2 is 1.96 bits per heavy atom. The van der Waals surface area contributed by atoms with Crippen molar-refractivity contribution in [2.45, 2.75) is 10.6 Å². The fourth-order valence-corrected chi connectivity index (χ4v) is 3.38. The number of halogens is 1. The molecule has 0 fully saturated rings. The highest BCUT2D eigenvalue weighted by Crippen LogP contribution is 2.27. The lowest BCUT2D eigenvalue weighted by atomic mass is 10.2. The molecule has 2 rings (SSSR count). The Balaban J connectivity index is 1.79. The van der Waals surface area contributed by atoms with Crippen molar-refractivity contribution in [3.63, 3.8) is 0 Å². The van der Waals surface area contributed by atoms with Crippen LogP contribution in [0.1, 0.15) is 5.56 Å². The van der Waals surface area contributed by atoms with Crippen molar-refractivity contribution in [1.29, 1.82) is 0 Å². The fourth-order valence-electron chi connectivity index (χ4n) is 1.92. The van der Waals surface area contributed by atoms with Crippen LogP contribution in [-0.4, -0.2) is 25.0 Å². The van der Waals surface area contributed by atoms with Gasteiger partial charge >= 0.3 is 0 Å². The predicted molar refractivity (Wildman–Crippen MR) is 101 cm³/mol. The van der Waals surface area contributed by atoms with E-state index < -0.39 is 0 Å². The molecule has 0 unspecified atom stereocenters. The van der Waals surface area contributed by atoms with Gasteiger partial charge in [0.1, 0.15) is 5.75 Å². The average Bonchev–Trinajstić information content (AvgIpc) is 2.55. The molecule has 6 heteroatoms. The van der Waals surface area contributed by atoms with E-state index in [4.69, 9.17) is 16.3 Å². The summed E-state index contributed by atoms with van der Waals surface area (Å²) in [7, 11) is 1.56. The zero-order valence-electron chi connectivity index (χ0n) is 13.0. The number of methoxy groups -OCH3 is 1. The standard InChI is InChI=1S/C17H18ClNO2S2/c1-21-16-8-5-13(9-15(16)18)19-17(20)11-23-10-12-3-6-14(22-2)7-4-12/h3-9H,10-11H2,1-2H3,(H,19,20). The summed E-state index contributed by atoms with van der Waals surface area (Å²) in [6, 6.07) is 13.6. The van der Waals surface area contributed by atoms with E-state index in [0.717, 1.165) is 5.75 Å². The molecule has 0 radical (unpaired) electrons. The van der Waals surface area contributed by atoms with E-state index in [9.17, 15) is 4.79 Å². The molecule has 1 N–H and O–H groups in total. The first-order valence-corrected chi connectivity index (χ1v) is 9.72. The number of nitrogens with one attached hydrogen (secondary N) is 1. The molecule has 0 spiro atoms. The molecule has 2 aromatic rings. The van der Waals surface area contributed by atoms with E-state index in [1.165, 1.54) is 10.5 Å². The third-order valence-electron chi connectivity index (χ3n) is 3.10. The Morgan fingerprint density at radius 3 is 2.57 bits per heavy atom. The van der Waals surface area contributed by atoms with Gasteiger partial charge in [0.2, 0.25) is 5.91 Å². The summed E-state index contributed by atoms with van der Waals surface area (Å²) in [5.74, 6) is 1.75. The minimum absolute atomic E-state index is 0.0445. The van der Waals surface area contributed by atoms with E-state index in [0.29, 0.717) is 22.2 Å². The second-order valence-corrected chi connectivity index (χ2v) is 7.01. The van der Waals surface area contributed by atoms with Crippen molar-refractivity contribution in [2.75, 3.05) is 24.4 Å². The summed E-state index contributed by atoms with van der Waals surface area (Å²) in [4.78, 5) is 13.2. The number of benzene rings is 2. The van der Waals surface area contributed by atoms with Gasteiger partial charge in [0.05, 0.1) is 17.9 Å². The third-order valence-corrected chi connectivity index (χ3v) is 5.14. The van der Waals surface area contributed by atoms with Crippen LogP contribution < -0.4 is 10.1 Å². The fraction of sp³-hybridized carbons (Fsp3) is 0.235. The number of amides is 1. The van der Waals surface area contributed by atoms with Crippen LogP contribution in [0.15, 0.2) is 47.4 Å². The van der Waals surface area contributed by atoms with Crippen molar-refractivity contribution in [2.24, 2.45) is 0 Å². The first-order valence-electron chi connectivity index (χ1n) is 6.96. The SMILES string of the molecule is COc1ccc(NC(=O)CSCc2ccc(SC)cc2)cc1Cl. The van der Waals surface area contributed by atoms with Gasteiger partial charge in [0, 0.05) is 16.3 Å². The average molecular weight is 368 g/mol. The predicted octanol–water partition coefficient (Wildman–Crippen LogP) is 4.94. The molecule has 1 amide bonds. The van der Waals surface area contributed by atoms with Crippen molar-refractivity contribution in [3.05, 3.63) is 53.1 Å². The molecule has 0 aliphatic carbocycles. The number of hydrogen-bond donors (Lipinski definition) is 1. The molecule has 0 aliphatic heterocycles.